The number of benzene rings is 1. The molecule has 2 heterocycles. The maximum atomic E-state index is 12.6. The smallest absolute Gasteiger partial charge is 0.409 e. The Morgan fingerprint density at radius 2 is 1.90 bits per heavy atom. The maximum Gasteiger partial charge on any atom is 0.409 e. The summed E-state index contributed by atoms with van der Waals surface area (Å²) in [5, 5.41) is 3.44. The summed E-state index contributed by atoms with van der Waals surface area (Å²) in [4.78, 5) is 32.1. The molecular weight excluding hydrogens is 368 g/mol. The summed E-state index contributed by atoms with van der Waals surface area (Å²) in [5.74, 6) is -0.108. The highest BCUT2D eigenvalue weighted by atomic mass is 16.6. The zero-order valence-corrected chi connectivity index (χ0v) is 17.0. The number of ether oxygens (including phenoxy) is 1. The van der Waals surface area contributed by atoms with Crippen molar-refractivity contribution in [2.45, 2.75) is 32.4 Å². The first kappa shape index (κ1) is 20.6. The van der Waals surface area contributed by atoms with Crippen LogP contribution < -0.4 is 5.32 Å². The number of anilines is 1. The molecule has 1 aliphatic rings. The number of piperidine rings is 1. The molecule has 3 rings (SSSR count). The standard InChI is InChI=1S/C22H28N4O3/c1-3-29-22(28)26-13-11-18(12-14-26)24-19-9-10-20(23-15-19)21(27)25(2)16-17-7-5-4-6-8-17/h4-10,15,18,24H,3,11-14,16H2,1-2H3. The molecular formula is C22H28N4O3. The van der Waals surface area contributed by atoms with Gasteiger partial charge >= 0.3 is 6.09 Å². The summed E-state index contributed by atoms with van der Waals surface area (Å²) in [6, 6.07) is 13.8. The summed E-state index contributed by atoms with van der Waals surface area (Å²) < 4.78 is 5.05. The van der Waals surface area contributed by atoms with Gasteiger partial charge < -0.3 is 19.9 Å². The van der Waals surface area contributed by atoms with E-state index in [1.807, 2.05) is 43.3 Å². The second-order valence-corrected chi connectivity index (χ2v) is 7.18. The van der Waals surface area contributed by atoms with Gasteiger partial charge in [0.15, 0.2) is 0 Å². The normalized spacial score (nSPS) is 14.3. The molecule has 0 aliphatic carbocycles. The van der Waals surface area contributed by atoms with Gasteiger partial charge in [-0.25, -0.2) is 9.78 Å². The Balaban J connectivity index is 1.50. The Hall–Kier alpha value is -3.09. The number of nitrogens with one attached hydrogen (secondary N) is 1. The van der Waals surface area contributed by atoms with Crippen LogP contribution in [-0.4, -0.2) is 59.6 Å². The van der Waals surface area contributed by atoms with Crippen molar-refractivity contribution >= 4 is 17.7 Å². The summed E-state index contributed by atoms with van der Waals surface area (Å²) in [6.45, 7) is 4.09. The lowest BCUT2D eigenvalue weighted by molar-refractivity contribution is 0.0779. The van der Waals surface area contributed by atoms with E-state index in [0.29, 0.717) is 31.9 Å². The van der Waals surface area contributed by atoms with Crippen LogP contribution in [0.4, 0.5) is 10.5 Å². The molecule has 0 atom stereocenters. The molecule has 0 radical (unpaired) electrons. The Kier molecular flexibility index (Phi) is 7.05. The zero-order chi connectivity index (χ0) is 20.6. The maximum absolute atomic E-state index is 12.6. The second kappa shape index (κ2) is 9.91. The van der Waals surface area contributed by atoms with Gasteiger partial charge in [-0.05, 0) is 37.5 Å². The molecule has 1 aromatic heterocycles. The van der Waals surface area contributed by atoms with Crippen LogP contribution in [0.3, 0.4) is 0 Å². The fourth-order valence-corrected chi connectivity index (χ4v) is 3.39. The number of amides is 2. The van der Waals surface area contributed by atoms with Crippen molar-refractivity contribution in [1.82, 2.24) is 14.8 Å². The third kappa shape index (κ3) is 5.70. The SMILES string of the molecule is CCOC(=O)N1CCC(Nc2ccc(C(=O)N(C)Cc3ccccc3)nc2)CC1. The van der Waals surface area contributed by atoms with E-state index in [1.54, 1.807) is 29.1 Å². The van der Waals surface area contributed by atoms with E-state index in [-0.39, 0.29) is 18.0 Å². The minimum Gasteiger partial charge on any atom is -0.450 e. The molecule has 0 bridgehead atoms. The van der Waals surface area contributed by atoms with Crippen LogP contribution >= 0.6 is 0 Å². The summed E-state index contributed by atoms with van der Waals surface area (Å²) in [5.41, 5.74) is 2.38. The minimum absolute atomic E-state index is 0.108. The van der Waals surface area contributed by atoms with Crippen molar-refractivity contribution in [3.63, 3.8) is 0 Å². The van der Waals surface area contributed by atoms with Gasteiger partial charge in [0.2, 0.25) is 0 Å². The topological polar surface area (TPSA) is 74.8 Å². The molecule has 1 fully saturated rings. The lowest BCUT2D eigenvalue weighted by atomic mass is 10.1. The first-order valence-electron chi connectivity index (χ1n) is 10.0. The molecule has 0 saturated carbocycles. The Morgan fingerprint density at radius 3 is 2.52 bits per heavy atom. The molecule has 154 valence electrons. The van der Waals surface area contributed by atoms with Crippen molar-refractivity contribution in [2.75, 3.05) is 32.1 Å². The van der Waals surface area contributed by atoms with Gasteiger partial charge in [-0.1, -0.05) is 30.3 Å². The van der Waals surface area contributed by atoms with E-state index in [9.17, 15) is 9.59 Å². The number of pyridine rings is 1. The van der Waals surface area contributed by atoms with E-state index < -0.39 is 0 Å². The predicted molar refractivity (Wildman–Crippen MR) is 112 cm³/mol. The van der Waals surface area contributed by atoms with Crippen molar-refractivity contribution in [2.24, 2.45) is 0 Å². The monoisotopic (exact) mass is 396 g/mol. The number of likely N-dealkylation sites (tertiary alicyclic amines) is 1. The fraction of sp³-hybridized carbons (Fsp3) is 0.409. The average Bonchev–Trinajstić information content (AvgIpc) is 2.75. The number of rotatable bonds is 6. The van der Waals surface area contributed by atoms with Crippen LogP contribution in [0.2, 0.25) is 0 Å². The summed E-state index contributed by atoms with van der Waals surface area (Å²) in [7, 11) is 1.78. The van der Waals surface area contributed by atoms with Gasteiger partial charge in [0.1, 0.15) is 5.69 Å². The quantitative estimate of drug-likeness (QED) is 0.810. The van der Waals surface area contributed by atoms with E-state index in [0.717, 1.165) is 24.1 Å². The molecule has 1 saturated heterocycles. The molecule has 1 N–H and O–H groups in total. The number of aromatic nitrogens is 1. The lowest BCUT2D eigenvalue weighted by Crippen LogP contribution is -2.42. The minimum atomic E-state index is -0.241. The van der Waals surface area contributed by atoms with E-state index >= 15 is 0 Å². The van der Waals surface area contributed by atoms with E-state index in [1.165, 1.54) is 0 Å². The summed E-state index contributed by atoms with van der Waals surface area (Å²) >= 11 is 0. The number of nitrogens with zero attached hydrogens (tertiary/aromatic N) is 3. The molecule has 7 heteroatoms. The number of carbonyl (C=O) groups excluding carboxylic acids is 2. The largest absolute Gasteiger partial charge is 0.450 e. The Labute approximate surface area is 171 Å². The molecule has 29 heavy (non-hydrogen) atoms. The second-order valence-electron chi connectivity index (χ2n) is 7.18. The van der Waals surface area contributed by atoms with Gasteiger partial charge in [-0.2, -0.15) is 0 Å². The van der Waals surface area contributed by atoms with Crippen LogP contribution in [0, 0.1) is 0 Å². The Morgan fingerprint density at radius 1 is 1.17 bits per heavy atom. The molecule has 1 aliphatic heterocycles. The molecule has 0 spiro atoms. The van der Waals surface area contributed by atoms with Crippen LogP contribution in [0.25, 0.3) is 0 Å². The highest BCUT2D eigenvalue weighted by molar-refractivity contribution is 5.92. The number of hydrogen-bond donors (Lipinski definition) is 1. The van der Waals surface area contributed by atoms with Crippen LogP contribution in [0.5, 0.6) is 0 Å². The van der Waals surface area contributed by atoms with Crippen molar-refractivity contribution < 1.29 is 14.3 Å². The highest BCUT2D eigenvalue weighted by Crippen LogP contribution is 2.17. The number of carbonyl (C=O) groups is 2. The Bertz CT molecular complexity index is 803. The van der Waals surface area contributed by atoms with Crippen LogP contribution in [0.1, 0.15) is 35.8 Å². The predicted octanol–water partition coefficient (Wildman–Crippen LogP) is 3.39. The van der Waals surface area contributed by atoms with Crippen molar-refractivity contribution in [1.29, 1.82) is 0 Å². The van der Waals surface area contributed by atoms with Gasteiger partial charge in [-0.15, -0.1) is 0 Å². The van der Waals surface area contributed by atoms with Gasteiger partial charge in [-0.3, -0.25) is 4.79 Å². The highest BCUT2D eigenvalue weighted by Gasteiger charge is 2.23. The first-order valence-corrected chi connectivity index (χ1v) is 10.0. The van der Waals surface area contributed by atoms with Gasteiger partial charge in [0, 0.05) is 32.7 Å². The zero-order valence-electron chi connectivity index (χ0n) is 17.0. The lowest BCUT2D eigenvalue weighted by Gasteiger charge is -2.32. The van der Waals surface area contributed by atoms with Crippen LogP contribution in [0.15, 0.2) is 48.7 Å². The third-order valence-electron chi connectivity index (χ3n) is 4.98. The van der Waals surface area contributed by atoms with Crippen LogP contribution in [-0.2, 0) is 11.3 Å². The van der Waals surface area contributed by atoms with E-state index in [4.69, 9.17) is 4.74 Å². The van der Waals surface area contributed by atoms with Crippen molar-refractivity contribution in [3.8, 4) is 0 Å². The fourth-order valence-electron chi connectivity index (χ4n) is 3.39. The average molecular weight is 396 g/mol. The van der Waals surface area contributed by atoms with E-state index in [2.05, 4.69) is 10.3 Å². The first-order chi connectivity index (χ1) is 14.1. The molecule has 2 aromatic rings. The third-order valence-corrected chi connectivity index (χ3v) is 4.98. The van der Waals surface area contributed by atoms with Gasteiger partial charge in [0.05, 0.1) is 18.5 Å². The van der Waals surface area contributed by atoms with Crippen molar-refractivity contribution in [3.05, 3.63) is 59.9 Å². The molecule has 2 amide bonds. The van der Waals surface area contributed by atoms with Gasteiger partial charge in [0.25, 0.3) is 5.91 Å². The molecule has 0 unspecified atom stereocenters. The number of hydrogen-bond acceptors (Lipinski definition) is 5. The summed E-state index contributed by atoms with van der Waals surface area (Å²) in [6.07, 6.45) is 3.15. The molecule has 1 aromatic carbocycles. The molecule has 7 nitrogen and oxygen atoms in total.